The molecule has 0 atom stereocenters. The molecule has 0 aliphatic carbocycles. The number of nitrogens with zero attached hydrogens (tertiary/aromatic N) is 8. The summed E-state index contributed by atoms with van der Waals surface area (Å²) in [6.07, 6.45) is 5.13. The van der Waals surface area contributed by atoms with Crippen molar-refractivity contribution < 1.29 is 9.84 Å². The first-order valence-corrected chi connectivity index (χ1v) is 12.0. The van der Waals surface area contributed by atoms with Crippen LogP contribution in [0.25, 0.3) is 0 Å². The van der Waals surface area contributed by atoms with Crippen molar-refractivity contribution in [3.8, 4) is 6.07 Å². The van der Waals surface area contributed by atoms with Gasteiger partial charge in [0.2, 0.25) is 5.95 Å². The minimum absolute atomic E-state index is 0.129. The first-order chi connectivity index (χ1) is 16.7. The Morgan fingerprint density at radius 3 is 2.74 bits per heavy atom. The van der Waals surface area contributed by atoms with E-state index in [0.29, 0.717) is 51.1 Å². The summed E-state index contributed by atoms with van der Waals surface area (Å²) in [5, 5.41) is 33.0. The van der Waals surface area contributed by atoms with E-state index in [0.717, 1.165) is 62.9 Å². The second-order valence-corrected chi connectivity index (χ2v) is 8.61. The van der Waals surface area contributed by atoms with Crippen molar-refractivity contribution in [3.05, 3.63) is 18.0 Å². The average Bonchev–Trinajstić information content (AvgIpc) is 3.34. The second kappa shape index (κ2) is 12.5. The molecule has 34 heavy (non-hydrogen) atoms. The number of aliphatic hydroxyl groups is 1. The highest BCUT2D eigenvalue weighted by Gasteiger charge is 2.21. The largest absolute Gasteiger partial charge is 0.396 e. The van der Waals surface area contributed by atoms with Crippen molar-refractivity contribution in [1.82, 2.24) is 29.9 Å². The van der Waals surface area contributed by atoms with Crippen LogP contribution in [0.5, 0.6) is 0 Å². The summed E-state index contributed by atoms with van der Waals surface area (Å²) in [7, 11) is 0. The molecule has 3 N–H and O–H groups in total. The fourth-order valence-corrected chi connectivity index (χ4v) is 4.19. The van der Waals surface area contributed by atoms with Gasteiger partial charge in [0.1, 0.15) is 17.3 Å². The minimum Gasteiger partial charge on any atom is -0.396 e. The van der Waals surface area contributed by atoms with E-state index in [-0.39, 0.29) is 6.61 Å². The topological polar surface area (TPSA) is 140 Å². The van der Waals surface area contributed by atoms with Gasteiger partial charge in [-0.3, -0.25) is 4.68 Å². The number of anilines is 3. The van der Waals surface area contributed by atoms with Gasteiger partial charge in [0.05, 0.1) is 32.0 Å². The Bertz CT molecular complexity index is 932. The molecule has 0 unspecified atom stereocenters. The van der Waals surface area contributed by atoms with Crippen molar-refractivity contribution in [2.75, 3.05) is 68.1 Å². The summed E-state index contributed by atoms with van der Waals surface area (Å²) in [6, 6.07) is 4.58. The molecule has 12 heteroatoms. The van der Waals surface area contributed by atoms with E-state index in [4.69, 9.17) is 25.1 Å². The number of aromatic nitrogens is 5. The number of ether oxygens (including phenoxy) is 1. The molecule has 4 heterocycles. The van der Waals surface area contributed by atoms with E-state index in [1.54, 1.807) is 4.68 Å². The van der Waals surface area contributed by atoms with Gasteiger partial charge in [0, 0.05) is 64.4 Å². The number of hydrogen-bond acceptors (Lipinski definition) is 11. The molecule has 4 rings (SSSR count). The van der Waals surface area contributed by atoms with Gasteiger partial charge in [-0.1, -0.05) is 5.21 Å². The third kappa shape index (κ3) is 6.99. The molecule has 0 saturated carbocycles. The molecular weight excluding hydrogens is 436 g/mol. The Balaban J connectivity index is 1.41. The summed E-state index contributed by atoms with van der Waals surface area (Å²) < 4.78 is 7.23. The quantitative estimate of drug-likeness (QED) is 0.427. The van der Waals surface area contributed by atoms with Crippen LogP contribution < -0.4 is 15.5 Å². The standard InChI is InChI=1S/C22H34N10O2/c23-5-1-6-30-8-3-18(4-9-30)25-20-15-21(31-10-13-34-14-11-31)27-22(26-20)24-16-19-17-32(29-28-19)7-2-12-33/h15,17-18,33H,1-4,6-14,16H2,(H2,24,25,26,27). The summed E-state index contributed by atoms with van der Waals surface area (Å²) in [6.45, 7) is 7.01. The molecule has 2 saturated heterocycles. The molecule has 0 spiro atoms. The van der Waals surface area contributed by atoms with E-state index in [1.807, 2.05) is 12.3 Å². The highest BCUT2D eigenvalue weighted by atomic mass is 16.5. The van der Waals surface area contributed by atoms with Crippen molar-refractivity contribution >= 4 is 17.6 Å². The van der Waals surface area contributed by atoms with Crippen LogP contribution in [0.1, 0.15) is 31.4 Å². The predicted molar refractivity (Wildman–Crippen MR) is 127 cm³/mol. The maximum atomic E-state index is 8.99. The maximum Gasteiger partial charge on any atom is 0.226 e. The molecule has 12 nitrogen and oxygen atoms in total. The Morgan fingerprint density at radius 2 is 1.97 bits per heavy atom. The number of aryl methyl sites for hydroxylation is 1. The molecule has 2 aliphatic rings. The van der Waals surface area contributed by atoms with Gasteiger partial charge in [-0.15, -0.1) is 5.10 Å². The summed E-state index contributed by atoms with van der Waals surface area (Å²) >= 11 is 0. The highest BCUT2D eigenvalue weighted by molar-refractivity contribution is 5.54. The molecular formula is C22H34N10O2. The zero-order valence-corrected chi connectivity index (χ0v) is 19.6. The van der Waals surface area contributed by atoms with Crippen molar-refractivity contribution in [3.63, 3.8) is 0 Å². The average molecular weight is 471 g/mol. The van der Waals surface area contributed by atoms with Gasteiger partial charge in [-0.05, 0) is 19.3 Å². The van der Waals surface area contributed by atoms with Crippen LogP contribution in [-0.4, -0.2) is 93.6 Å². The monoisotopic (exact) mass is 470 g/mol. The van der Waals surface area contributed by atoms with Crippen LogP contribution >= 0.6 is 0 Å². The van der Waals surface area contributed by atoms with Gasteiger partial charge >= 0.3 is 0 Å². The number of piperidine rings is 1. The van der Waals surface area contributed by atoms with Crippen LogP contribution in [-0.2, 0) is 17.8 Å². The molecule has 2 aromatic heterocycles. The Kier molecular flexibility index (Phi) is 8.84. The first-order valence-electron chi connectivity index (χ1n) is 12.0. The fourth-order valence-electron chi connectivity index (χ4n) is 4.19. The van der Waals surface area contributed by atoms with Gasteiger partial charge in [-0.2, -0.15) is 15.2 Å². The van der Waals surface area contributed by atoms with Gasteiger partial charge < -0.3 is 30.3 Å². The van der Waals surface area contributed by atoms with Crippen molar-refractivity contribution in [1.29, 1.82) is 5.26 Å². The Morgan fingerprint density at radius 1 is 1.15 bits per heavy atom. The van der Waals surface area contributed by atoms with E-state index >= 15 is 0 Å². The highest BCUT2D eigenvalue weighted by Crippen LogP contribution is 2.22. The lowest BCUT2D eigenvalue weighted by atomic mass is 10.0. The molecule has 184 valence electrons. The third-order valence-corrected chi connectivity index (χ3v) is 6.09. The smallest absolute Gasteiger partial charge is 0.226 e. The number of rotatable bonds is 11. The van der Waals surface area contributed by atoms with E-state index in [2.05, 4.69) is 36.8 Å². The lowest BCUT2D eigenvalue weighted by molar-refractivity contribution is 0.122. The summed E-state index contributed by atoms with van der Waals surface area (Å²) in [4.78, 5) is 14.0. The number of nitriles is 1. The molecule has 2 aromatic rings. The van der Waals surface area contributed by atoms with Gasteiger partial charge in [0.25, 0.3) is 0 Å². The van der Waals surface area contributed by atoms with Crippen LogP contribution in [0.15, 0.2) is 12.3 Å². The maximum absolute atomic E-state index is 8.99. The number of likely N-dealkylation sites (tertiary alicyclic amines) is 1. The molecule has 2 aliphatic heterocycles. The molecule has 0 aromatic carbocycles. The number of morpholine rings is 1. The van der Waals surface area contributed by atoms with Gasteiger partial charge in [-0.25, -0.2) is 0 Å². The zero-order chi connectivity index (χ0) is 23.6. The minimum atomic E-state index is 0.129. The Hall–Kier alpha value is -3.01. The molecule has 0 bridgehead atoms. The predicted octanol–water partition coefficient (Wildman–Crippen LogP) is 0.689. The van der Waals surface area contributed by atoms with E-state index in [1.165, 1.54) is 0 Å². The zero-order valence-electron chi connectivity index (χ0n) is 19.6. The van der Waals surface area contributed by atoms with Crippen molar-refractivity contribution in [2.24, 2.45) is 0 Å². The second-order valence-electron chi connectivity index (χ2n) is 8.61. The summed E-state index contributed by atoms with van der Waals surface area (Å²) in [5.41, 5.74) is 0.789. The summed E-state index contributed by atoms with van der Waals surface area (Å²) in [5.74, 6) is 2.23. The molecule has 0 amide bonds. The van der Waals surface area contributed by atoms with Crippen LogP contribution in [0.2, 0.25) is 0 Å². The van der Waals surface area contributed by atoms with Crippen molar-refractivity contribution in [2.45, 2.75) is 44.8 Å². The van der Waals surface area contributed by atoms with Gasteiger partial charge in [0.15, 0.2) is 0 Å². The van der Waals surface area contributed by atoms with E-state index < -0.39 is 0 Å². The Labute approximate surface area is 199 Å². The van der Waals surface area contributed by atoms with Crippen LogP contribution in [0, 0.1) is 11.3 Å². The SMILES string of the molecule is N#CCCN1CCC(Nc2cc(N3CCOCC3)nc(NCc3cn(CCCO)nn3)n2)CC1. The molecule has 2 fully saturated rings. The fraction of sp³-hybridized carbons (Fsp3) is 0.682. The lowest BCUT2D eigenvalue weighted by Gasteiger charge is -2.32. The van der Waals surface area contributed by atoms with Crippen LogP contribution in [0.3, 0.4) is 0 Å². The number of aliphatic hydroxyl groups excluding tert-OH is 1. The van der Waals surface area contributed by atoms with E-state index in [9.17, 15) is 0 Å². The first kappa shape index (κ1) is 24.1. The number of nitrogens with one attached hydrogen (secondary N) is 2. The lowest BCUT2D eigenvalue weighted by Crippen LogP contribution is -2.40. The normalized spacial score (nSPS) is 17.5. The number of hydrogen-bond donors (Lipinski definition) is 3. The molecule has 0 radical (unpaired) electrons. The van der Waals surface area contributed by atoms with Crippen LogP contribution in [0.4, 0.5) is 17.6 Å². The third-order valence-electron chi connectivity index (χ3n) is 6.09.